The molecule has 0 bridgehead atoms. The summed E-state index contributed by atoms with van der Waals surface area (Å²) in [5.74, 6) is -0.342. The standard InChI is InChI=1S/C24H22FN5O2S/c1-30-21(12-13-26-23(32)19-8-4-5-9-20(19)25)28-29-24(30)33-15-22(31)27-18-11-10-16-6-2-3-7-17(16)14-18/h2-11,14H,12-13,15H2,1H3,(H,26,32)(H,27,31). The Morgan fingerprint density at radius 2 is 1.76 bits per heavy atom. The number of hydrogen-bond acceptors (Lipinski definition) is 5. The van der Waals surface area contributed by atoms with E-state index in [9.17, 15) is 14.0 Å². The van der Waals surface area contributed by atoms with Gasteiger partial charge in [0.05, 0.1) is 11.3 Å². The molecule has 0 aliphatic heterocycles. The SMILES string of the molecule is Cn1c(CCNC(=O)c2ccccc2F)nnc1SCC(=O)Nc1ccc2ccccc2c1. The Bertz CT molecular complexity index is 1310. The van der Waals surface area contributed by atoms with Crippen LogP contribution in [0.5, 0.6) is 0 Å². The second-order valence-corrected chi connectivity index (χ2v) is 8.28. The first kappa shape index (κ1) is 22.5. The van der Waals surface area contributed by atoms with Gasteiger partial charge in [-0.15, -0.1) is 10.2 Å². The van der Waals surface area contributed by atoms with Crippen LogP contribution in [0.2, 0.25) is 0 Å². The maximum absolute atomic E-state index is 13.7. The van der Waals surface area contributed by atoms with Crippen LogP contribution in [0.3, 0.4) is 0 Å². The number of anilines is 1. The van der Waals surface area contributed by atoms with Gasteiger partial charge in [-0.3, -0.25) is 9.59 Å². The van der Waals surface area contributed by atoms with E-state index in [1.807, 2.05) is 42.5 Å². The van der Waals surface area contributed by atoms with Crippen LogP contribution < -0.4 is 10.6 Å². The number of nitrogens with one attached hydrogen (secondary N) is 2. The van der Waals surface area contributed by atoms with Gasteiger partial charge in [0.15, 0.2) is 5.16 Å². The molecule has 0 saturated carbocycles. The highest BCUT2D eigenvalue weighted by molar-refractivity contribution is 7.99. The van der Waals surface area contributed by atoms with E-state index in [2.05, 4.69) is 20.8 Å². The minimum Gasteiger partial charge on any atom is -0.351 e. The molecule has 4 aromatic rings. The van der Waals surface area contributed by atoms with E-state index in [1.165, 1.54) is 30.0 Å². The summed E-state index contributed by atoms with van der Waals surface area (Å²) in [6.45, 7) is 0.284. The summed E-state index contributed by atoms with van der Waals surface area (Å²) in [4.78, 5) is 24.5. The molecule has 0 saturated heterocycles. The first-order valence-corrected chi connectivity index (χ1v) is 11.3. The molecule has 4 rings (SSSR count). The third-order valence-electron chi connectivity index (χ3n) is 5.04. The second kappa shape index (κ2) is 10.3. The number of benzene rings is 3. The Hall–Kier alpha value is -3.72. The van der Waals surface area contributed by atoms with Crippen molar-refractivity contribution in [1.29, 1.82) is 0 Å². The van der Waals surface area contributed by atoms with Crippen LogP contribution >= 0.6 is 11.8 Å². The molecule has 33 heavy (non-hydrogen) atoms. The van der Waals surface area contributed by atoms with Gasteiger partial charge >= 0.3 is 0 Å². The van der Waals surface area contributed by atoms with Crippen molar-refractivity contribution in [2.45, 2.75) is 11.6 Å². The van der Waals surface area contributed by atoms with Crippen molar-refractivity contribution in [1.82, 2.24) is 20.1 Å². The minimum atomic E-state index is -0.561. The topological polar surface area (TPSA) is 88.9 Å². The van der Waals surface area contributed by atoms with Gasteiger partial charge in [-0.1, -0.05) is 54.2 Å². The fourth-order valence-electron chi connectivity index (χ4n) is 3.31. The van der Waals surface area contributed by atoms with Crippen molar-refractivity contribution in [3.8, 4) is 0 Å². The van der Waals surface area contributed by atoms with E-state index in [-0.39, 0.29) is 23.8 Å². The van der Waals surface area contributed by atoms with E-state index < -0.39 is 11.7 Å². The third-order valence-corrected chi connectivity index (χ3v) is 6.06. The summed E-state index contributed by atoms with van der Waals surface area (Å²) in [5.41, 5.74) is 0.743. The fraction of sp³-hybridized carbons (Fsp3) is 0.167. The van der Waals surface area contributed by atoms with Gasteiger partial charge in [-0.05, 0) is 35.0 Å². The minimum absolute atomic E-state index is 0.00383. The maximum atomic E-state index is 13.7. The molecule has 0 atom stereocenters. The number of amides is 2. The summed E-state index contributed by atoms with van der Waals surface area (Å²) in [5, 5.41) is 16.6. The quantitative estimate of drug-likeness (QED) is 0.388. The highest BCUT2D eigenvalue weighted by Crippen LogP contribution is 2.20. The molecule has 0 aliphatic rings. The zero-order valence-corrected chi connectivity index (χ0v) is 18.7. The monoisotopic (exact) mass is 463 g/mol. The predicted octanol–water partition coefficient (Wildman–Crippen LogP) is 3.81. The van der Waals surface area contributed by atoms with Crippen LogP contribution in [0.1, 0.15) is 16.2 Å². The highest BCUT2D eigenvalue weighted by atomic mass is 32.2. The number of halogens is 1. The Labute approximate surface area is 194 Å². The molecule has 9 heteroatoms. The number of rotatable bonds is 8. The first-order valence-electron chi connectivity index (χ1n) is 10.3. The first-order chi connectivity index (χ1) is 16.0. The number of nitrogens with zero attached hydrogens (tertiary/aromatic N) is 3. The zero-order chi connectivity index (χ0) is 23.2. The van der Waals surface area contributed by atoms with Crippen molar-refractivity contribution >= 4 is 40.0 Å². The van der Waals surface area contributed by atoms with Crippen LogP contribution in [-0.2, 0) is 18.3 Å². The van der Waals surface area contributed by atoms with Crippen LogP contribution in [0.4, 0.5) is 10.1 Å². The van der Waals surface area contributed by atoms with E-state index in [0.29, 0.717) is 17.4 Å². The summed E-state index contributed by atoms with van der Waals surface area (Å²) in [6.07, 6.45) is 0.424. The molecule has 0 aliphatic carbocycles. The molecule has 168 valence electrons. The molecule has 3 aromatic carbocycles. The number of fused-ring (bicyclic) bond motifs is 1. The lowest BCUT2D eigenvalue weighted by Crippen LogP contribution is -2.27. The molecule has 0 radical (unpaired) electrons. The summed E-state index contributed by atoms with van der Waals surface area (Å²) in [6, 6.07) is 19.6. The number of carbonyl (C=O) groups excluding carboxylic acids is 2. The summed E-state index contributed by atoms with van der Waals surface area (Å²) in [7, 11) is 1.80. The van der Waals surface area contributed by atoms with Crippen LogP contribution in [0.15, 0.2) is 71.9 Å². The Balaban J connectivity index is 1.27. The Morgan fingerprint density at radius 1 is 1.00 bits per heavy atom. The number of aromatic nitrogens is 3. The molecule has 0 fully saturated rings. The maximum Gasteiger partial charge on any atom is 0.254 e. The van der Waals surface area contributed by atoms with Gasteiger partial charge < -0.3 is 15.2 Å². The lowest BCUT2D eigenvalue weighted by Gasteiger charge is -2.07. The fourth-order valence-corrected chi connectivity index (χ4v) is 4.04. The van der Waals surface area contributed by atoms with Gasteiger partial charge in [0, 0.05) is 25.7 Å². The van der Waals surface area contributed by atoms with Crippen LogP contribution in [-0.4, -0.2) is 38.9 Å². The zero-order valence-electron chi connectivity index (χ0n) is 17.9. The highest BCUT2D eigenvalue weighted by Gasteiger charge is 2.14. The summed E-state index contributed by atoms with van der Waals surface area (Å²) >= 11 is 1.28. The normalized spacial score (nSPS) is 10.8. The predicted molar refractivity (Wildman–Crippen MR) is 127 cm³/mol. The molecule has 2 amide bonds. The molecule has 1 aromatic heterocycles. The average molecular weight is 464 g/mol. The Kier molecular flexibility index (Phi) is 6.99. The average Bonchev–Trinajstić information content (AvgIpc) is 3.17. The largest absolute Gasteiger partial charge is 0.351 e. The van der Waals surface area contributed by atoms with Crippen molar-refractivity contribution in [2.75, 3.05) is 17.6 Å². The molecule has 7 nitrogen and oxygen atoms in total. The Morgan fingerprint density at radius 3 is 2.58 bits per heavy atom. The number of hydrogen-bond donors (Lipinski definition) is 2. The third kappa shape index (κ3) is 5.56. The molecule has 1 heterocycles. The molecule has 2 N–H and O–H groups in total. The molecule has 0 spiro atoms. The van der Waals surface area contributed by atoms with Crippen molar-refractivity contribution in [3.05, 3.63) is 83.9 Å². The van der Waals surface area contributed by atoms with Crippen LogP contribution in [0, 0.1) is 5.82 Å². The lowest BCUT2D eigenvalue weighted by atomic mass is 10.1. The van der Waals surface area contributed by atoms with E-state index in [4.69, 9.17) is 0 Å². The van der Waals surface area contributed by atoms with E-state index in [0.717, 1.165) is 16.5 Å². The summed E-state index contributed by atoms with van der Waals surface area (Å²) < 4.78 is 15.5. The molecular weight excluding hydrogens is 441 g/mol. The van der Waals surface area contributed by atoms with Gasteiger partial charge in [0.25, 0.3) is 5.91 Å². The van der Waals surface area contributed by atoms with Gasteiger partial charge in [0.2, 0.25) is 5.91 Å². The van der Waals surface area contributed by atoms with E-state index in [1.54, 1.807) is 17.7 Å². The van der Waals surface area contributed by atoms with Gasteiger partial charge in [-0.2, -0.15) is 0 Å². The number of carbonyl (C=O) groups is 2. The van der Waals surface area contributed by atoms with Crippen molar-refractivity contribution < 1.29 is 14.0 Å². The lowest BCUT2D eigenvalue weighted by molar-refractivity contribution is -0.113. The second-order valence-electron chi connectivity index (χ2n) is 7.34. The van der Waals surface area contributed by atoms with E-state index >= 15 is 0 Å². The van der Waals surface area contributed by atoms with Gasteiger partial charge in [-0.25, -0.2) is 4.39 Å². The smallest absolute Gasteiger partial charge is 0.254 e. The van der Waals surface area contributed by atoms with Gasteiger partial charge in [0.1, 0.15) is 11.6 Å². The molecule has 0 unspecified atom stereocenters. The van der Waals surface area contributed by atoms with Crippen LogP contribution in [0.25, 0.3) is 10.8 Å². The molecular formula is C24H22FN5O2S. The van der Waals surface area contributed by atoms with Crippen molar-refractivity contribution in [3.63, 3.8) is 0 Å². The number of thioether (sulfide) groups is 1. The van der Waals surface area contributed by atoms with Crippen molar-refractivity contribution in [2.24, 2.45) is 7.05 Å².